The second kappa shape index (κ2) is 2.27. The summed E-state index contributed by atoms with van der Waals surface area (Å²) in [6.45, 7) is 2.00. The third-order valence-corrected chi connectivity index (χ3v) is 1.72. The van der Waals surface area contributed by atoms with Gasteiger partial charge in [-0.05, 0) is 13.0 Å². The molecule has 1 aromatic rings. The minimum absolute atomic E-state index is 0.928. The molecule has 2 heterocycles. The van der Waals surface area contributed by atoms with Gasteiger partial charge in [-0.15, -0.1) is 0 Å². The molecule has 2 rings (SSSR count). The third kappa shape index (κ3) is 0.852. The number of allylic oxidation sites excluding steroid dienone is 1. The maximum atomic E-state index is 4.12. The number of aromatic nitrogens is 1. The van der Waals surface area contributed by atoms with Crippen LogP contribution in [0, 0.1) is 0 Å². The topological polar surface area (TPSA) is 40.2 Å². The summed E-state index contributed by atoms with van der Waals surface area (Å²) in [5.41, 5.74) is 2.24. The SMILES string of the molecule is C/C=C1/NC=Nc2[nH]ccc21. The molecular formula is C8H9N3. The lowest BCUT2D eigenvalue weighted by molar-refractivity contribution is 1.23. The Labute approximate surface area is 64.9 Å². The van der Waals surface area contributed by atoms with E-state index in [4.69, 9.17) is 0 Å². The zero-order valence-electron chi connectivity index (χ0n) is 6.26. The van der Waals surface area contributed by atoms with E-state index in [1.54, 1.807) is 6.34 Å². The van der Waals surface area contributed by atoms with Crippen molar-refractivity contribution in [1.29, 1.82) is 0 Å². The van der Waals surface area contributed by atoms with Gasteiger partial charge in [-0.25, -0.2) is 4.99 Å². The molecule has 0 fully saturated rings. The monoisotopic (exact) mass is 147 g/mol. The molecule has 1 aromatic heterocycles. The van der Waals surface area contributed by atoms with E-state index in [0.29, 0.717) is 0 Å². The van der Waals surface area contributed by atoms with Crippen molar-refractivity contribution in [2.24, 2.45) is 4.99 Å². The van der Waals surface area contributed by atoms with Gasteiger partial charge in [-0.3, -0.25) is 0 Å². The van der Waals surface area contributed by atoms with Gasteiger partial charge in [-0.1, -0.05) is 6.08 Å². The number of hydrogen-bond donors (Lipinski definition) is 2. The highest BCUT2D eigenvalue weighted by molar-refractivity contribution is 5.85. The number of H-pyrrole nitrogens is 1. The lowest BCUT2D eigenvalue weighted by atomic mass is 10.2. The van der Waals surface area contributed by atoms with Crippen molar-refractivity contribution in [3.8, 4) is 0 Å². The third-order valence-electron chi connectivity index (χ3n) is 1.72. The van der Waals surface area contributed by atoms with Crippen LogP contribution in [0.4, 0.5) is 5.82 Å². The van der Waals surface area contributed by atoms with Crippen molar-refractivity contribution in [2.75, 3.05) is 0 Å². The maximum absolute atomic E-state index is 4.12. The normalized spacial score (nSPS) is 18.1. The Morgan fingerprint density at radius 3 is 3.27 bits per heavy atom. The number of nitrogens with zero attached hydrogens (tertiary/aromatic N) is 1. The van der Waals surface area contributed by atoms with Crippen LogP contribution in [0.2, 0.25) is 0 Å². The lowest BCUT2D eigenvalue weighted by Gasteiger charge is -2.09. The van der Waals surface area contributed by atoms with E-state index in [0.717, 1.165) is 17.1 Å². The van der Waals surface area contributed by atoms with Crippen molar-refractivity contribution in [3.05, 3.63) is 23.9 Å². The molecule has 0 radical (unpaired) electrons. The quantitative estimate of drug-likeness (QED) is 0.575. The molecule has 11 heavy (non-hydrogen) atoms. The molecule has 3 nitrogen and oxygen atoms in total. The van der Waals surface area contributed by atoms with Crippen molar-refractivity contribution in [1.82, 2.24) is 10.3 Å². The number of rotatable bonds is 0. The molecular weight excluding hydrogens is 138 g/mol. The molecule has 0 unspecified atom stereocenters. The minimum atomic E-state index is 0.928. The predicted molar refractivity (Wildman–Crippen MR) is 45.7 cm³/mol. The Kier molecular flexibility index (Phi) is 1.28. The van der Waals surface area contributed by atoms with Crippen molar-refractivity contribution in [3.63, 3.8) is 0 Å². The zero-order chi connectivity index (χ0) is 7.68. The Balaban J connectivity index is 2.57. The van der Waals surface area contributed by atoms with Gasteiger partial charge in [0.1, 0.15) is 5.82 Å². The van der Waals surface area contributed by atoms with Gasteiger partial charge in [0.05, 0.1) is 6.34 Å². The molecule has 1 aliphatic rings. The second-order valence-corrected chi connectivity index (χ2v) is 2.34. The van der Waals surface area contributed by atoms with Gasteiger partial charge in [0.25, 0.3) is 0 Å². The summed E-state index contributed by atoms with van der Waals surface area (Å²) in [7, 11) is 0. The molecule has 0 spiro atoms. The molecule has 0 bridgehead atoms. The first-order valence-corrected chi connectivity index (χ1v) is 3.55. The van der Waals surface area contributed by atoms with Crippen LogP contribution in [0.3, 0.4) is 0 Å². The Hall–Kier alpha value is -1.51. The first kappa shape index (κ1) is 6.22. The van der Waals surface area contributed by atoms with Gasteiger partial charge in [-0.2, -0.15) is 0 Å². The predicted octanol–water partition coefficient (Wildman–Crippen LogP) is 1.64. The molecule has 1 aliphatic heterocycles. The molecule has 0 atom stereocenters. The van der Waals surface area contributed by atoms with Gasteiger partial charge < -0.3 is 10.3 Å². The van der Waals surface area contributed by atoms with Gasteiger partial charge >= 0.3 is 0 Å². The zero-order valence-corrected chi connectivity index (χ0v) is 6.26. The molecule has 0 saturated carbocycles. The highest BCUT2D eigenvalue weighted by atomic mass is 15.0. The lowest BCUT2D eigenvalue weighted by Crippen LogP contribution is -2.11. The molecule has 0 amide bonds. The summed E-state index contributed by atoms with van der Waals surface area (Å²) in [6, 6.07) is 2.01. The van der Waals surface area contributed by atoms with Crippen LogP contribution in [0.15, 0.2) is 23.3 Å². The average molecular weight is 147 g/mol. The molecule has 3 heteroatoms. The Morgan fingerprint density at radius 2 is 2.45 bits per heavy atom. The Morgan fingerprint density at radius 1 is 1.55 bits per heavy atom. The fraction of sp³-hybridized carbons (Fsp3) is 0.125. The van der Waals surface area contributed by atoms with Gasteiger partial charge in [0.2, 0.25) is 0 Å². The number of hydrogen-bond acceptors (Lipinski definition) is 2. The number of aromatic amines is 1. The molecule has 56 valence electrons. The highest BCUT2D eigenvalue weighted by Gasteiger charge is 2.09. The fourth-order valence-corrected chi connectivity index (χ4v) is 1.17. The van der Waals surface area contributed by atoms with Crippen molar-refractivity contribution >= 4 is 17.9 Å². The maximum Gasteiger partial charge on any atom is 0.141 e. The average Bonchev–Trinajstić information content (AvgIpc) is 2.50. The van der Waals surface area contributed by atoms with E-state index in [1.807, 2.05) is 25.3 Å². The largest absolute Gasteiger partial charge is 0.346 e. The van der Waals surface area contributed by atoms with Crippen LogP contribution in [-0.2, 0) is 0 Å². The first-order valence-electron chi connectivity index (χ1n) is 3.55. The molecule has 0 aliphatic carbocycles. The second-order valence-electron chi connectivity index (χ2n) is 2.34. The van der Waals surface area contributed by atoms with Crippen LogP contribution < -0.4 is 5.32 Å². The molecule has 0 aromatic carbocycles. The fourth-order valence-electron chi connectivity index (χ4n) is 1.17. The standard InChI is InChI=1S/C8H9N3/c1-2-7-6-3-4-9-8(6)11-5-10-7/h2-5,9H,1H3,(H,10,11)/b7-2+. The summed E-state index contributed by atoms with van der Waals surface area (Å²) in [6.07, 6.45) is 5.60. The van der Waals surface area contributed by atoms with Gasteiger partial charge in [0.15, 0.2) is 0 Å². The molecule has 2 N–H and O–H groups in total. The van der Waals surface area contributed by atoms with Crippen molar-refractivity contribution in [2.45, 2.75) is 6.92 Å². The molecule has 0 saturated heterocycles. The van der Waals surface area contributed by atoms with E-state index in [9.17, 15) is 0 Å². The van der Waals surface area contributed by atoms with E-state index >= 15 is 0 Å². The smallest absolute Gasteiger partial charge is 0.141 e. The number of aliphatic imine (C=N–C) groups is 1. The highest BCUT2D eigenvalue weighted by Crippen LogP contribution is 2.24. The summed E-state index contributed by atoms with van der Waals surface area (Å²) in [5.74, 6) is 0.928. The van der Waals surface area contributed by atoms with Crippen LogP contribution in [0.1, 0.15) is 12.5 Å². The van der Waals surface area contributed by atoms with E-state index in [2.05, 4.69) is 15.3 Å². The summed E-state index contributed by atoms with van der Waals surface area (Å²) in [5, 5.41) is 3.06. The van der Waals surface area contributed by atoms with Crippen LogP contribution >= 0.6 is 0 Å². The summed E-state index contributed by atoms with van der Waals surface area (Å²) < 4.78 is 0. The summed E-state index contributed by atoms with van der Waals surface area (Å²) in [4.78, 5) is 7.16. The van der Waals surface area contributed by atoms with Gasteiger partial charge in [0, 0.05) is 17.5 Å². The van der Waals surface area contributed by atoms with Crippen LogP contribution in [0.25, 0.3) is 5.70 Å². The van der Waals surface area contributed by atoms with E-state index in [1.165, 1.54) is 0 Å². The van der Waals surface area contributed by atoms with Crippen molar-refractivity contribution < 1.29 is 0 Å². The minimum Gasteiger partial charge on any atom is -0.346 e. The van der Waals surface area contributed by atoms with Crippen LogP contribution in [-0.4, -0.2) is 11.3 Å². The first-order chi connectivity index (χ1) is 5.42. The van der Waals surface area contributed by atoms with E-state index in [-0.39, 0.29) is 0 Å². The van der Waals surface area contributed by atoms with E-state index < -0.39 is 0 Å². The Bertz CT molecular complexity index is 320. The summed E-state index contributed by atoms with van der Waals surface area (Å²) >= 11 is 0. The number of fused-ring (bicyclic) bond motifs is 1. The number of nitrogens with one attached hydrogen (secondary N) is 2. The van der Waals surface area contributed by atoms with Crippen LogP contribution in [0.5, 0.6) is 0 Å².